The number of nitrogens with one attached hydrogen (secondary N) is 2. The average molecular weight is 363 g/mol. The first kappa shape index (κ1) is 17.1. The van der Waals surface area contributed by atoms with Gasteiger partial charge in [-0.3, -0.25) is 14.7 Å². The smallest absolute Gasteiger partial charge is 0.313 e. The SMILES string of the molecule is CNC1=C([N+](=O)[O-])C(c2ccc(C(C)C)cc2)n2c(nc3ccccc32)N1. The molecule has 0 amide bonds. The highest BCUT2D eigenvalue weighted by Gasteiger charge is 2.39. The molecule has 1 unspecified atom stereocenters. The highest BCUT2D eigenvalue weighted by molar-refractivity contribution is 5.80. The zero-order chi connectivity index (χ0) is 19.1. The minimum Gasteiger partial charge on any atom is -0.369 e. The Morgan fingerprint density at radius 3 is 2.52 bits per heavy atom. The van der Waals surface area contributed by atoms with Crippen LogP contribution in [0.2, 0.25) is 0 Å². The molecule has 0 aliphatic carbocycles. The van der Waals surface area contributed by atoms with Crippen molar-refractivity contribution in [2.75, 3.05) is 12.4 Å². The topological polar surface area (TPSA) is 85.0 Å². The van der Waals surface area contributed by atoms with E-state index in [0.717, 1.165) is 16.6 Å². The van der Waals surface area contributed by atoms with Crippen LogP contribution in [0.3, 0.4) is 0 Å². The van der Waals surface area contributed by atoms with Gasteiger partial charge in [-0.2, -0.15) is 0 Å². The maximum Gasteiger partial charge on any atom is 0.313 e. The predicted octanol–water partition coefficient (Wildman–Crippen LogP) is 3.84. The van der Waals surface area contributed by atoms with Gasteiger partial charge in [0.05, 0.1) is 16.0 Å². The summed E-state index contributed by atoms with van der Waals surface area (Å²) in [5.41, 5.74) is 3.77. The van der Waals surface area contributed by atoms with Gasteiger partial charge in [0.2, 0.25) is 5.95 Å². The number of rotatable bonds is 4. The van der Waals surface area contributed by atoms with Gasteiger partial charge >= 0.3 is 5.70 Å². The fraction of sp³-hybridized carbons (Fsp3) is 0.250. The predicted molar refractivity (Wildman–Crippen MR) is 105 cm³/mol. The summed E-state index contributed by atoms with van der Waals surface area (Å²) in [4.78, 5) is 16.3. The fourth-order valence-electron chi connectivity index (χ4n) is 3.58. The van der Waals surface area contributed by atoms with E-state index in [0.29, 0.717) is 17.7 Å². The lowest BCUT2D eigenvalue weighted by Crippen LogP contribution is -2.33. The largest absolute Gasteiger partial charge is 0.369 e. The quantitative estimate of drug-likeness (QED) is 0.543. The van der Waals surface area contributed by atoms with Crippen LogP contribution >= 0.6 is 0 Å². The molecule has 138 valence electrons. The highest BCUT2D eigenvalue weighted by Crippen LogP contribution is 2.38. The average Bonchev–Trinajstić information content (AvgIpc) is 3.04. The van der Waals surface area contributed by atoms with Crippen LogP contribution in [-0.4, -0.2) is 21.5 Å². The van der Waals surface area contributed by atoms with Crippen molar-refractivity contribution in [3.63, 3.8) is 0 Å². The summed E-state index contributed by atoms with van der Waals surface area (Å²) in [6.45, 7) is 4.25. The first-order valence-corrected chi connectivity index (χ1v) is 8.91. The second-order valence-corrected chi connectivity index (χ2v) is 6.91. The molecule has 2 heterocycles. The van der Waals surface area contributed by atoms with Crippen LogP contribution in [0, 0.1) is 10.1 Å². The van der Waals surface area contributed by atoms with Crippen LogP contribution in [0.25, 0.3) is 11.0 Å². The van der Waals surface area contributed by atoms with E-state index in [1.54, 1.807) is 7.05 Å². The van der Waals surface area contributed by atoms with Crippen LogP contribution in [0.1, 0.15) is 36.9 Å². The van der Waals surface area contributed by atoms with Crippen molar-refractivity contribution in [2.45, 2.75) is 25.8 Å². The Balaban J connectivity index is 1.97. The summed E-state index contributed by atoms with van der Waals surface area (Å²) < 4.78 is 1.90. The maximum absolute atomic E-state index is 12.0. The summed E-state index contributed by atoms with van der Waals surface area (Å²) >= 11 is 0. The molecule has 4 rings (SSSR count). The number of benzene rings is 2. The Kier molecular flexibility index (Phi) is 4.07. The van der Waals surface area contributed by atoms with E-state index in [1.807, 2.05) is 53.1 Å². The molecule has 3 aromatic rings. The van der Waals surface area contributed by atoms with Gasteiger partial charge in [0.25, 0.3) is 0 Å². The summed E-state index contributed by atoms with van der Waals surface area (Å²) in [7, 11) is 1.67. The molecule has 7 nitrogen and oxygen atoms in total. The van der Waals surface area contributed by atoms with Gasteiger partial charge in [-0.05, 0) is 29.2 Å². The molecule has 0 radical (unpaired) electrons. The van der Waals surface area contributed by atoms with Crippen LogP contribution in [0.5, 0.6) is 0 Å². The number of nitro groups is 1. The maximum atomic E-state index is 12.0. The fourth-order valence-corrected chi connectivity index (χ4v) is 3.58. The van der Waals surface area contributed by atoms with Crippen LogP contribution in [-0.2, 0) is 0 Å². The van der Waals surface area contributed by atoms with E-state index < -0.39 is 6.04 Å². The number of fused-ring (bicyclic) bond motifs is 3. The molecule has 0 bridgehead atoms. The lowest BCUT2D eigenvalue weighted by Gasteiger charge is -2.27. The van der Waals surface area contributed by atoms with Crippen molar-refractivity contribution in [2.24, 2.45) is 0 Å². The minimum atomic E-state index is -0.577. The van der Waals surface area contributed by atoms with Crippen molar-refractivity contribution >= 4 is 17.0 Å². The highest BCUT2D eigenvalue weighted by atomic mass is 16.6. The molecule has 27 heavy (non-hydrogen) atoms. The van der Waals surface area contributed by atoms with E-state index in [-0.39, 0.29) is 10.6 Å². The third-order valence-corrected chi connectivity index (χ3v) is 4.97. The van der Waals surface area contributed by atoms with Crippen LogP contribution in [0.15, 0.2) is 60.0 Å². The molecule has 0 saturated heterocycles. The summed E-state index contributed by atoms with van der Waals surface area (Å²) in [6, 6.07) is 15.1. The number of imidazole rings is 1. The summed E-state index contributed by atoms with van der Waals surface area (Å²) in [5, 5.41) is 18.0. The summed E-state index contributed by atoms with van der Waals surface area (Å²) in [6.07, 6.45) is 0. The standard InChI is InChI=1S/C20H21N5O2/c1-12(2)13-8-10-14(11-9-13)17-18(25(26)27)19(21-3)23-20-22-15-6-4-5-7-16(15)24(17)20/h4-12,17,21H,1-3H3,(H,22,23). The number of aromatic nitrogens is 2. The monoisotopic (exact) mass is 363 g/mol. The first-order valence-electron chi connectivity index (χ1n) is 8.91. The molecular formula is C20H21N5O2. The zero-order valence-electron chi connectivity index (χ0n) is 15.4. The molecule has 0 saturated carbocycles. The Morgan fingerprint density at radius 2 is 1.89 bits per heavy atom. The lowest BCUT2D eigenvalue weighted by atomic mass is 9.97. The lowest BCUT2D eigenvalue weighted by molar-refractivity contribution is -0.432. The van der Waals surface area contributed by atoms with Crippen LogP contribution < -0.4 is 10.6 Å². The Hall–Kier alpha value is -3.35. The normalized spacial score (nSPS) is 16.4. The number of nitrogens with zero attached hydrogens (tertiary/aromatic N) is 3. The van der Waals surface area contributed by atoms with Gasteiger partial charge < -0.3 is 10.6 Å². The molecule has 1 aromatic heterocycles. The third-order valence-electron chi connectivity index (χ3n) is 4.97. The van der Waals surface area contributed by atoms with Gasteiger partial charge in [0.15, 0.2) is 11.9 Å². The van der Waals surface area contributed by atoms with Gasteiger partial charge in [-0.1, -0.05) is 50.2 Å². The zero-order valence-corrected chi connectivity index (χ0v) is 15.4. The second kappa shape index (κ2) is 6.42. The second-order valence-electron chi connectivity index (χ2n) is 6.91. The van der Waals surface area contributed by atoms with Crippen LogP contribution in [0.4, 0.5) is 5.95 Å². The number of hydrogen-bond donors (Lipinski definition) is 2. The van der Waals surface area contributed by atoms with Gasteiger partial charge in [-0.15, -0.1) is 0 Å². The molecule has 1 aliphatic heterocycles. The Morgan fingerprint density at radius 1 is 1.19 bits per heavy atom. The Labute approximate surface area is 156 Å². The molecule has 0 spiro atoms. The van der Waals surface area contributed by atoms with E-state index in [1.165, 1.54) is 5.56 Å². The number of anilines is 1. The van der Waals surface area contributed by atoms with E-state index in [4.69, 9.17) is 0 Å². The van der Waals surface area contributed by atoms with Crippen molar-refractivity contribution in [1.82, 2.24) is 14.9 Å². The number of para-hydroxylation sites is 2. The molecule has 2 aromatic carbocycles. The van der Waals surface area contributed by atoms with E-state index in [2.05, 4.69) is 29.5 Å². The Bertz CT molecular complexity index is 1050. The number of hydrogen-bond acceptors (Lipinski definition) is 5. The molecule has 1 aliphatic rings. The molecule has 7 heteroatoms. The summed E-state index contributed by atoms with van der Waals surface area (Å²) in [5.74, 6) is 1.35. The molecular weight excluding hydrogens is 342 g/mol. The minimum absolute atomic E-state index is 0.0745. The van der Waals surface area contributed by atoms with E-state index in [9.17, 15) is 10.1 Å². The van der Waals surface area contributed by atoms with Crippen molar-refractivity contribution in [3.05, 3.63) is 81.3 Å². The van der Waals surface area contributed by atoms with Gasteiger partial charge in [-0.25, -0.2) is 4.98 Å². The molecule has 0 fully saturated rings. The van der Waals surface area contributed by atoms with Gasteiger partial charge in [0.1, 0.15) is 0 Å². The third kappa shape index (κ3) is 2.71. The van der Waals surface area contributed by atoms with Crippen molar-refractivity contribution < 1.29 is 4.92 Å². The van der Waals surface area contributed by atoms with E-state index >= 15 is 0 Å². The molecule has 1 atom stereocenters. The number of allylic oxidation sites excluding steroid dienone is 1. The first-order chi connectivity index (χ1) is 13.0. The van der Waals surface area contributed by atoms with Crippen molar-refractivity contribution in [1.29, 1.82) is 0 Å². The van der Waals surface area contributed by atoms with Crippen molar-refractivity contribution in [3.8, 4) is 0 Å². The van der Waals surface area contributed by atoms with Gasteiger partial charge in [0, 0.05) is 7.05 Å². The molecule has 2 N–H and O–H groups in total.